The van der Waals surface area contributed by atoms with E-state index in [1.54, 1.807) is 0 Å². The Morgan fingerprint density at radius 2 is 2.18 bits per heavy atom. The molecule has 4 heteroatoms. The summed E-state index contributed by atoms with van der Waals surface area (Å²) in [5.41, 5.74) is 1.28. The van der Waals surface area contributed by atoms with E-state index >= 15 is 0 Å². The van der Waals surface area contributed by atoms with E-state index in [1.807, 2.05) is 0 Å². The summed E-state index contributed by atoms with van der Waals surface area (Å²) in [6.07, 6.45) is 2.22. The van der Waals surface area contributed by atoms with Crippen LogP contribution >= 0.6 is 15.9 Å². The first kappa shape index (κ1) is 11.5. The van der Waals surface area contributed by atoms with Crippen LogP contribution in [0.2, 0.25) is 0 Å². The highest BCUT2D eigenvalue weighted by Gasteiger charge is 2.26. The van der Waals surface area contributed by atoms with Crippen LogP contribution in [-0.2, 0) is 4.74 Å². The Kier molecular flexibility index (Phi) is 3.36. The predicted molar refractivity (Wildman–Crippen MR) is 69.4 cm³/mol. The molecule has 1 aromatic rings. The van der Waals surface area contributed by atoms with Gasteiger partial charge in [0.2, 0.25) is 0 Å². The second-order valence-electron chi connectivity index (χ2n) is 4.63. The van der Waals surface area contributed by atoms with Gasteiger partial charge < -0.3 is 14.8 Å². The Bertz CT molecular complexity index is 406. The molecule has 1 atom stereocenters. The van der Waals surface area contributed by atoms with Crippen molar-refractivity contribution < 1.29 is 9.47 Å². The molecule has 0 amide bonds. The van der Waals surface area contributed by atoms with E-state index < -0.39 is 0 Å². The minimum atomic E-state index is 0.398. The van der Waals surface area contributed by atoms with E-state index in [0.29, 0.717) is 12.1 Å². The van der Waals surface area contributed by atoms with Gasteiger partial charge in [-0.15, -0.1) is 0 Å². The lowest BCUT2D eigenvalue weighted by Gasteiger charge is -2.31. The van der Waals surface area contributed by atoms with Crippen LogP contribution in [0.3, 0.4) is 0 Å². The average Bonchev–Trinajstić information content (AvgIpc) is 2.45. The third kappa shape index (κ3) is 2.49. The molecule has 0 radical (unpaired) electrons. The molecule has 1 fully saturated rings. The number of hydrogen-bond acceptors (Lipinski definition) is 3. The van der Waals surface area contributed by atoms with E-state index in [2.05, 4.69) is 39.4 Å². The van der Waals surface area contributed by atoms with Crippen molar-refractivity contribution in [3.8, 4) is 5.75 Å². The van der Waals surface area contributed by atoms with Gasteiger partial charge in [0.05, 0.1) is 25.9 Å². The van der Waals surface area contributed by atoms with Crippen molar-refractivity contribution in [1.29, 1.82) is 0 Å². The van der Waals surface area contributed by atoms with Gasteiger partial charge in [0.15, 0.2) is 0 Å². The largest absolute Gasteiger partial charge is 0.493 e. The molecule has 0 spiro atoms. The molecule has 17 heavy (non-hydrogen) atoms. The van der Waals surface area contributed by atoms with Crippen molar-refractivity contribution in [3.63, 3.8) is 0 Å². The van der Waals surface area contributed by atoms with E-state index in [9.17, 15) is 0 Å². The summed E-state index contributed by atoms with van der Waals surface area (Å²) in [7, 11) is 0. The quantitative estimate of drug-likeness (QED) is 0.910. The molecule has 1 saturated heterocycles. The van der Waals surface area contributed by atoms with Crippen molar-refractivity contribution in [2.75, 3.05) is 19.8 Å². The molecule has 92 valence electrons. The lowest BCUT2D eigenvalue weighted by atomic mass is 10.0. The van der Waals surface area contributed by atoms with Gasteiger partial charge in [0.1, 0.15) is 5.75 Å². The van der Waals surface area contributed by atoms with Crippen LogP contribution in [-0.4, -0.2) is 25.9 Å². The van der Waals surface area contributed by atoms with Crippen molar-refractivity contribution in [1.82, 2.24) is 5.32 Å². The first-order valence-electron chi connectivity index (χ1n) is 6.09. The average molecular weight is 298 g/mol. The molecule has 0 aliphatic carbocycles. The van der Waals surface area contributed by atoms with Crippen LogP contribution in [0, 0.1) is 0 Å². The van der Waals surface area contributed by atoms with Crippen LogP contribution in [0.1, 0.15) is 24.4 Å². The van der Waals surface area contributed by atoms with E-state index in [-0.39, 0.29) is 0 Å². The van der Waals surface area contributed by atoms with Gasteiger partial charge in [-0.1, -0.05) is 22.0 Å². The Morgan fingerprint density at radius 3 is 2.94 bits per heavy atom. The minimum Gasteiger partial charge on any atom is -0.493 e. The highest BCUT2D eigenvalue weighted by molar-refractivity contribution is 9.10. The predicted octanol–water partition coefficient (Wildman–Crippen LogP) is 2.65. The molecule has 0 saturated carbocycles. The van der Waals surface area contributed by atoms with Crippen molar-refractivity contribution in [3.05, 3.63) is 28.2 Å². The topological polar surface area (TPSA) is 30.5 Å². The van der Waals surface area contributed by atoms with Crippen molar-refractivity contribution >= 4 is 15.9 Å². The SMILES string of the molecule is Brc1ccc2c(c1)OCCCC2NC1COC1. The molecule has 0 aromatic heterocycles. The molecule has 1 N–H and O–H groups in total. The molecular weight excluding hydrogens is 282 g/mol. The van der Waals surface area contributed by atoms with E-state index in [4.69, 9.17) is 9.47 Å². The first-order chi connectivity index (χ1) is 8.33. The lowest BCUT2D eigenvalue weighted by molar-refractivity contribution is -0.0105. The fourth-order valence-corrected chi connectivity index (χ4v) is 2.68. The normalized spacial score (nSPS) is 24.4. The second kappa shape index (κ2) is 4.96. The zero-order chi connectivity index (χ0) is 11.7. The standard InChI is InChI=1S/C13H16BrNO2/c14-9-3-4-11-12(15-10-7-16-8-10)2-1-5-17-13(11)6-9/h3-4,6,10,12,15H,1-2,5,7-8H2. The minimum absolute atomic E-state index is 0.398. The third-order valence-corrected chi connectivity index (χ3v) is 3.81. The summed E-state index contributed by atoms with van der Waals surface area (Å²) in [6.45, 7) is 2.48. The summed E-state index contributed by atoms with van der Waals surface area (Å²) in [4.78, 5) is 0. The summed E-state index contributed by atoms with van der Waals surface area (Å²) in [6, 6.07) is 7.21. The van der Waals surface area contributed by atoms with Crippen molar-refractivity contribution in [2.45, 2.75) is 24.9 Å². The number of hydrogen-bond donors (Lipinski definition) is 1. The van der Waals surface area contributed by atoms with Gasteiger partial charge in [-0.3, -0.25) is 0 Å². The number of ether oxygens (including phenoxy) is 2. The first-order valence-corrected chi connectivity index (χ1v) is 6.88. The fraction of sp³-hybridized carbons (Fsp3) is 0.538. The summed E-state index contributed by atoms with van der Waals surface area (Å²) in [5.74, 6) is 1.01. The molecule has 3 nitrogen and oxygen atoms in total. The van der Waals surface area contributed by atoms with E-state index in [0.717, 1.165) is 42.9 Å². The van der Waals surface area contributed by atoms with Gasteiger partial charge in [-0.25, -0.2) is 0 Å². The highest BCUT2D eigenvalue weighted by atomic mass is 79.9. The third-order valence-electron chi connectivity index (χ3n) is 3.32. The fourth-order valence-electron chi connectivity index (χ4n) is 2.34. The van der Waals surface area contributed by atoms with Gasteiger partial charge in [0.25, 0.3) is 0 Å². The molecule has 1 aromatic carbocycles. The summed E-state index contributed by atoms with van der Waals surface area (Å²) < 4.78 is 12.1. The van der Waals surface area contributed by atoms with Gasteiger partial charge in [-0.05, 0) is 25.0 Å². The molecule has 2 heterocycles. The Labute approximate surface area is 110 Å². The number of benzene rings is 1. The van der Waals surface area contributed by atoms with Gasteiger partial charge >= 0.3 is 0 Å². The Hall–Kier alpha value is -0.580. The summed E-state index contributed by atoms with van der Waals surface area (Å²) >= 11 is 3.49. The highest BCUT2D eigenvalue weighted by Crippen LogP contribution is 2.34. The zero-order valence-electron chi connectivity index (χ0n) is 9.62. The second-order valence-corrected chi connectivity index (χ2v) is 5.54. The zero-order valence-corrected chi connectivity index (χ0v) is 11.2. The van der Waals surface area contributed by atoms with Gasteiger partial charge in [0, 0.05) is 16.1 Å². The number of rotatable bonds is 2. The van der Waals surface area contributed by atoms with Crippen LogP contribution in [0.15, 0.2) is 22.7 Å². The van der Waals surface area contributed by atoms with Crippen LogP contribution in [0.4, 0.5) is 0 Å². The molecule has 3 rings (SSSR count). The van der Waals surface area contributed by atoms with Crippen LogP contribution in [0.25, 0.3) is 0 Å². The monoisotopic (exact) mass is 297 g/mol. The maximum Gasteiger partial charge on any atom is 0.125 e. The maximum atomic E-state index is 5.79. The summed E-state index contributed by atoms with van der Waals surface area (Å²) in [5, 5.41) is 3.65. The molecule has 2 aliphatic rings. The molecule has 2 aliphatic heterocycles. The smallest absolute Gasteiger partial charge is 0.125 e. The number of fused-ring (bicyclic) bond motifs is 1. The number of halogens is 1. The Morgan fingerprint density at radius 1 is 1.29 bits per heavy atom. The van der Waals surface area contributed by atoms with Crippen LogP contribution < -0.4 is 10.1 Å². The van der Waals surface area contributed by atoms with Crippen molar-refractivity contribution in [2.24, 2.45) is 0 Å². The molecule has 1 unspecified atom stereocenters. The van der Waals surface area contributed by atoms with Gasteiger partial charge in [-0.2, -0.15) is 0 Å². The Balaban J connectivity index is 1.84. The number of nitrogens with one attached hydrogen (secondary N) is 1. The molecular formula is C13H16BrNO2. The maximum absolute atomic E-state index is 5.79. The lowest BCUT2D eigenvalue weighted by Crippen LogP contribution is -2.47. The molecule has 0 bridgehead atoms. The van der Waals surface area contributed by atoms with Crippen LogP contribution in [0.5, 0.6) is 5.75 Å². The van der Waals surface area contributed by atoms with E-state index in [1.165, 1.54) is 5.56 Å².